The van der Waals surface area contributed by atoms with Crippen LogP contribution in [-0.4, -0.2) is 11.6 Å². The Morgan fingerprint density at radius 3 is 2.67 bits per heavy atom. The first-order valence-electron chi connectivity index (χ1n) is 5.29. The fourth-order valence-electron chi connectivity index (χ4n) is 1.63. The first kappa shape index (κ1) is 10.1. The molecule has 0 spiro atoms. The van der Waals surface area contributed by atoms with E-state index >= 15 is 0 Å². The molecule has 2 nitrogen and oxygen atoms in total. The molecule has 1 aromatic carbocycles. The van der Waals surface area contributed by atoms with Crippen molar-refractivity contribution in [2.24, 2.45) is 5.92 Å². The molecule has 0 N–H and O–H groups in total. The van der Waals surface area contributed by atoms with Gasteiger partial charge in [-0.1, -0.05) is 23.8 Å². The van der Waals surface area contributed by atoms with Crippen molar-refractivity contribution in [2.45, 2.75) is 26.2 Å². The van der Waals surface area contributed by atoms with Crippen molar-refractivity contribution in [1.82, 2.24) is 0 Å². The molecule has 78 valence electrons. The Balaban J connectivity index is 2.03. The van der Waals surface area contributed by atoms with E-state index in [4.69, 9.17) is 0 Å². The Morgan fingerprint density at radius 2 is 2.07 bits per heavy atom. The summed E-state index contributed by atoms with van der Waals surface area (Å²) in [5.41, 5.74) is 1.71. The standard InChI is InChI=1S/C13H14O2/c1-9-3-2-4-11(7-9)13(15)8-12(14)10-5-6-10/h2-4,7,10H,5-6,8H2,1H3. The lowest BCUT2D eigenvalue weighted by Gasteiger charge is -2.00. The van der Waals surface area contributed by atoms with Gasteiger partial charge in [0.2, 0.25) is 0 Å². The van der Waals surface area contributed by atoms with Gasteiger partial charge in [-0.2, -0.15) is 0 Å². The summed E-state index contributed by atoms with van der Waals surface area (Å²) in [4.78, 5) is 23.2. The van der Waals surface area contributed by atoms with Crippen molar-refractivity contribution in [3.05, 3.63) is 35.4 Å². The van der Waals surface area contributed by atoms with Crippen LogP contribution in [0, 0.1) is 12.8 Å². The molecule has 0 aliphatic heterocycles. The van der Waals surface area contributed by atoms with Gasteiger partial charge in [0, 0.05) is 11.5 Å². The summed E-state index contributed by atoms with van der Waals surface area (Å²) < 4.78 is 0. The van der Waals surface area contributed by atoms with Crippen LogP contribution in [0.25, 0.3) is 0 Å². The van der Waals surface area contributed by atoms with Crippen LogP contribution in [0.1, 0.15) is 35.2 Å². The minimum atomic E-state index is -0.0457. The predicted molar refractivity (Wildman–Crippen MR) is 57.9 cm³/mol. The quantitative estimate of drug-likeness (QED) is 0.555. The van der Waals surface area contributed by atoms with Gasteiger partial charge in [0.15, 0.2) is 5.78 Å². The van der Waals surface area contributed by atoms with E-state index in [1.54, 1.807) is 6.07 Å². The van der Waals surface area contributed by atoms with Crippen molar-refractivity contribution < 1.29 is 9.59 Å². The zero-order valence-electron chi connectivity index (χ0n) is 8.82. The number of rotatable bonds is 4. The highest BCUT2D eigenvalue weighted by molar-refractivity contribution is 6.09. The third-order valence-electron chi connectivity index (χ3n) is 2.71. The average Bonchev–Trinajstić information content (AvgIpc) is 3.00. The molecule has 1 aromatic rings. The second-order valence-corrected chi connectivity index (χ2v) is 4.21. The number of benzene rings is 1. The average molecular weight is 202 g/mol. The Labute approximate surface area is 89.3 Å². The molecule has 0 unspecified atom stereocenters. The zero-order chi connectivity index (χ0) is 10.8. The number of aryl methyl sites for hydroxylation is 1. The second kappa shape index (κ2) is 3.97. The molecule has 2 heteroatoms. The molecule has 1 fully saturated rings. The molecule has 15 heavy (non-hydrogen) atoms. The molecule has 0 radical (unpaired) electrons. The van der Waals surface area contributed by atoms with Crippen LogP contribution in [0.3, 0.4) is 0 Å². The van der Waals surface area contributed by atoms with Gasteiger partial charge < -0.3 is 0 Å². The van der Waals surface area contributed by atoms with Gasteiger partial charge in [0.1, 0.15) is 5.78 Å². The van der Waals surface area contributed by atoms with Crippen molar-refractivity contribution in [3.8, 4) is 0 Å². The maximum absolute atomic E-state index is 11.7. The van der Waals surface area contributed by atoms with Crippen molar-refractivity contribution in [3.63, 3.8) is 0 Å². The maximum atomic E-state index is 11.7. The Morgan fingerprint density at radius 1 is 1.33 bits per heavy atom. The summed E-state index contributed by atoms with van der Waals surface area (Å²) in [5, 5.41) is 0. The third kappa shape index (κ3) is 2.52. The molecule has 1 aliphatic rings. The van der Waals surface area contributed by atoms with Gasteiger partial charge in [0.25, 0.3) is 0 Å². The Bertz CT molecular complexity index is 403. The minimum Gasteiger partial charge on any atom is -0.299 e. The van der Waals surface area contributed by atoms with Crippen LogP contribution in [0.15, 0.2) is 24.3 Å². The number of carbonyl (C=O) groups is 2. The smallest absolute Gasteiger partial charge is 0.170 e. The highest BCUT2D eigenvalue weighted by atomic mass is 16.1. The van der Waals surface area contributed by atoms with Gasteiger partial charge in [0.05, 0.1) is 6.42 Å². The second-order valence-electron chi connectivity index (χ2n) is 4.21. The molecule has 1 saturated carbocycles. The normalized spacial score (nSPS) is 15.0. The first-order valence-corrected chi connectivity index (χ1v) is 5.29. The molecule has 0 saturated heterocycles. The van der Waals surface area contributed by atoms with Crippen LogP contribution in [-0.2, 0) is 4.79 Å². The summed E-state index contributed by atoms with van der Waals surface area (Å²) in [5.74, 6) is 0.246. The van der Waals surface area contributed by atoms with E-state index in [2.05, 4.69) is 0 Å². The lowest BCUT2D eigenvalue weighted by Crippen LogP contribution is -2.09. The SMILES string of the molecule is Cc1cccc(C(=O)CC(=O)C2CC2)c1. The third-order valence-corrected chi connectivity index (χ3v) is 2.71. The van der Waals surface area contributed by atoms with Crippen molar-refractivity contribution >= 4 is 11.6 Å². The van der Waals surface area contributed by atoms with E-state index in [0.29, 0.717) is 5.56 Å². The lowest BCUT2D eigenvalue weighted by molar-refractivity contribution is -0.119. The summed E-state index contributed by atoms with van der Waals surface area (Å²) in [6, 6.07) is 7.40. The van der Waals surface area contributed by atoms with Crippen LogP contribution >= 0.6 is 0 Å². The largest absolute Gasteiger partial charge is 0.299 e. The molecule has 0 aromatic heterocycles. The summed E-state index contributed by atoms with van der Waals surface area (Å²) in [6.07, 6.45) is 2.02. The highest BCUT2D eigenvalue weighted by Crippen LogP contribution is 2.31. The van der Waals surface area contributed by atoms with Gasteiger partial charge in [-0.25, -0.2) is 0 Å². The topological polar surface area (TPSA) is 34.1 Å². The fourth-order valence-corrected chi connectivity index (χ4v) is 1.63. The number of carbonyl (C=O) groups excluding carboxylic acids is 2. The van der Waals surface area contributed by atoms with Gasteiger partial charge in [-0.15, -0.1) is 0 Å². The van der Waals surface area contributed by atoms with Crippen molar-refractivity contribution in [2.75, 3.05) is 0 Å². The number of hydrogen-bond donors (Lipinski definition) is 0. The van der Waals surface area contributed by atoms with E-state index in [1.165, 1.54) is 0 Å². The number of hydrogen-bond acceptors (Lipinski definition) is 2. The number of ketones is 2. The summed E-state index contributed by atoms with van der Waals surface area (Å²) in [6.45, 7) is 1.94. The van der Waals surface area contributed by atoms with Gasteiger partial charge in [-0.05, 0) is 25.8 Å². The highest BCUT2D eigenvalue weighted by Gasteiger charge is 2.30. The summed E-state index contributed by atoms with van der Waals surface area (Å²) in [7, 11) is 0. The molecule has 0 amide bonds. The molecule has 1 aliphatic carbocycles. The monoisotopic (exact) mass is 202 g/mol. The van der Waals surface area contributed by atoms with Gasteiger partial charge in [-0.3, -0.25) is 9.59 Å². The van der Waals surface area contributed by atoms with E-state index in [1.807, 2.05) is 25.1 Å². The van der Waals surface area contributed by atoms with E-state index in [-0.39, 0.29) is 23.9 Å². The van der Waals surface area contributed by atoms with Crippen LogP contribution in [0.5, 0.6) is 0 Å². The zero-order valence-corrected chi connectivity index (χ0v) is 8.82. The fraction of sp³-hybridized carbons (Fsp3) is 0.385. The summed E-state index contributed by atoms with van der Waals surface area (Å²) >= 11 is 0. The minimum absolute atomic E-state index is 0.0457. The van der Waals surface area contributed by atoms with E-state index in [9.17, 15) is 9.59 Å². The van der Waals surface area contributed by atoms with E-state index in [0.717, 1.165) is 18.4 Å². The number of Topliss-reactive ketones (excluding diaryl/α,β-unsaturated/α-hetero) is 2. The Kier molecular flexibility index (Phi) is 2.67. The van der Waals surface area contributed by atoms with E-state index < -0.39 is 0 Å². The molecule has 0 atom stereocenters. The Hall–Kier alpha value is -1.44. The molecular weight excluding hydrogens is 188 g/mol. The maximum Gasteiger partial charge on any atom is 0.170 e. The van der Waals surface area contributed by atoms with Crippen molar-refractivity contribution in [1.29, 1.82) is 0 Å². The van der Waals surface area contributed by atoms with Crippen LogP contribution in [0.2, 0.25) is 0 Å². The van der Waals surface area contributed by atoms with Crippen LogP contribution < -0.4 is 0 Å². The first-order chi connectivity index (χ1) is 7.16. The van der Waals surface area contributed by atoms with Gasteiger partial charge >= 0.3 is 0 Å². The lowest BCUT2D eigenvalue weighted by atomic mass is 10.0. The predicted octanol–water partition coefficient (Wildman–Crippen LogP) is 2.55. The molecule has 2 rings (SSSR count). The molecular formula is C13H14O2. The van der Waals surface area contributed by atoms with Crippen LogP contribution in [0.4, 0.5) is 0 Å². The molecule has 0 bridgehead atoms. The molecule has 0 heterocycles.